The summed E-state index contributed by atoms with van der Waals surface area (Å²) >= 11 is 0. The van der Waals surface area contributed by atoms with Gasteiger partial charge in [0, 0.05) is 19.1 Å². The molecule has 0 spiro atoms. The Kier molecular flexibility index (Phi) is 3.69. The van der Waals surface area contributed by atoms with Gasteiger partial charge in [-0.2, -0.15) is 0 Å². The van der Waals surface area contributed by atoms with Crippen LogP contribution in [-0.2, 0) is 0 Å². The van der Waals surface area contributed by atoms with Crippen molar-refractivity contribution in [2.45, 2.75) is 25.3 Å². The molecule has 0 amide bonds. The van der Waals surface area contributed by atoms with Crippen LogP contribution in [0.1, 0.15) is 19.3 Å². The molecular formula is C15H20N4O. The monoisotopic (exact) mass is 272 g/mol. The maximum atomic E-state index is 5.90. The van der Waals surface area contributed by atoms with Gasteiger partial charge in [-0.1, -0.05) is 12.1 Å². The van der Waals surface area contributed by atoms with Gasteiger partial charge in [0.15, 0.2) is 5.82 Å². The summed E-state index contributed by atoms with van der Waals surface area (Å²) in [5.41, 5.74) is 7.65. The van der Waals surface area contributed by atoms with Crippen LogP contribution < -0.4 is 15.4 Å². The number of aromatic nitrogens is 2. The summed E-state index contributed by atoms with van der Waals surface area (Å²) in [6.45, 7) is 1.60. The standard InChI is InChI=1S/C15H20N4O/c1-20-15-14(19-9-5-4-6-11(19)10-16)17-12-7-2-3-8-13(12)18-15/h2-3,7-8,11H,4-6,9-10,16H2,1H3. The molecule has 0 bridgehead atoms. The molecule has 3 rings (SSSR count). The molecule has 2 N–H and O–H groups in total. The Bertz CT molecular complexity index is 601. The Morgan fingerprint density at radius 3 is 2.70 bits per heavy atom. The molecule has 1 aliphatic rings. The fourth-order valence-corrected chi connectivity index (χ4v) is 2.82. The van der Waals surface area contributed by atoms with Crippen LogP contribution in [0.2, 0.25) is 0 Å². The van der Waals surface area contributed by atoms with E-state index >= 15 is 0 Å². The van der Waals surface area contributed by atoms with Crippen molar-refractivity contribution >= 4 is 16.9 Å². The topological polar surface area (TPSA) is 64.3 Å². The van der Waals surface area contributed by atoms with Crippen molar-refractivity contribution in [2.24, 2.45) is 5.73 Å². The SMILES string of the molecule is COc1nc2ccccc2nc1N1CCCCC1CN. The quantitative estimate of drug-likeness (QED) is 0.925. The summed E-state index contributed by atoms with van der Waals surface area (Å²) in [6.07, 6.45) is 3.49. The van der Waals surface area contributed by atoms with Gasteiger partial charge in [0.05, 0.1) is 18.1 Å². The van der Waals surface area contributed by atoms with Gasteiger partial charge in [-0.25, -0.2) is 9.97 Å². The maximum Gasteiger partial charge on any atom is 0.257 e. The molecule has 1 unspecified atom stereocenters. The van der Waals surface area contributed by atoms with Gasteiger partial charge in [0.2, 0.25) is 0 Å². The highest BCUT2D eigenvalue weighted by atomic mass is 16.5. The Labute approximate surface area is 118 Å². The van der Waals surface area contributed by atoms with Crippen molar-refractivity contribution < 1.29 is 4.74 Å². The Hall–Kier alpha value is -1.88. The molecule has 20 heavy (non-hydrogen) atoms. The van der Waals surface area contributed by atoms with Crippen LogP contribution in [0, 0.1) is 0 Å². The first-order valence-electron chi connectivity index (χ1n) is 7.11. The van der Waals surface area contributed by atoms with E-state index in [0.717, 1.165) is 36.2 Å². The number of rotatable bonds is 3. The van der Waals surface area contributed by atoms with E-state index in [0.29, 0.717) is 18.5 Å². The Morgan fingerprint density at radius 2 is 2.00 bits per heavy atom. The van der Waals surface area contributed by atoms with Gasteiger partial charge in [0.1, 0.15) is 0 Å². The molecule has 106 valence electrons. The van der Waals surface area contributed by atoms with Gasteiger partial charge >= 0.3 is 0 Å². The number of nitrogens with two attached hydrogens (primary N) is 1. The average molecular weight is 272 g/mol. The van der Waals surface area contributed by atoms with Crippen molar-refractivity contribution in [3.05, 3.63) is 24.3 Å². The largest absolute Gasteiger partial charge is 0.478 e. The molecule has 1 aromatic carbocycles. The third kappa shape index (κ3) is 2.29. The lowest BCUT2D eigenvalue weighted by Gasteiger charge is -2.36. The van der Waals surface area contributed by atoms with E-state index in [2.05, 4.69) is 9.88 Å². The predicted molar refractivity (Wildman–Crippen MR) is 80.1 cm³/mol. The zero-order chi connectivity index (χ0) is 13.9. The minimum Gasteiger partial charge on any atom is -0.478 e. The molecule has 1 atom stereocenters. The third-order valence-corrected chi connectivity index (χ3v) is 3.89. The normalized spacial score (nSPS) is 19.3. The van der Waals surface area contributed by atoms with Crippen molar-refractivity contribution in [3.63, 3.8) is 0 Å². The second-order valence-electron chi connectivity index (χ2n) is 5.12. The summed E-state index contributed by atoms with van der Waals surface area (Å²) in [5.74, 6) is 1.41. The van der Waals surface area contributed by atoms with Crippen molar-refractivity contribution in [1.82, 2.24) is 9.97 Å². The molecule has 1 saturated heterocycles. The van der Waals surface area contributed by atoms with Gasteiger partial charge in [-0.3, -0.25) is 0 Å². The fourth-order valence-electron chi connectivity index (χ4n) is 2.82. The van der Waals surface area contributed by atoms with Crippen LogP contribution in [0.5, 0.6) is 5.88 Å². The number of hydrogen-bond acceptors (Lipinski definition) is 5. The highest BCUT2D eigenvalue weighted by Crippen LogP contribution is 2.31. The second-order valence-corrected chi connectivity index (χ2v) is 5.12. The van der Waals surface area contributed by atoms with Crippen LogP contribution >= 0.6 is 0 Å². The average Bonchev–Trinajstić information content (AvgIpc) is 2.53. The molecule has 1 aromatic heterocycles. The predicted octanol–water partition coefficient (Wildman–Crippen LogP) is 1.96. The van der Waals surface area contributed by atoms with Crippen molar-refractivity contribution in [2.75, 3.05) is 25.1 Å². The zero-order valence-corrected chi connectivity index (χ0v) is 11.7. The summed E-state index contributed by atoms with van der Waals surface area (Å²) in [7, 11) is 1.64. The first-order chi connectivity index (χ1) is 9.83. The number of piperidine rings is 1. The highest BCUT2D eigenvalue weighted by molar-refractivity contribution is 5.77. The molecule has 0 saturated carbocycles. The van der Waals surface area contributed by atoms with E-state index in [1.165, 1.54) is 6.42 Å². The fraction of sp³-hybridized carbons (Fsp3) is 0.467. The first kappa shape index (κ1) is 13.1. The lowest BCUT2D eigenvalue weighted by atomic mass is 10.0. The van der Waals surface area contributed by atoms with Gasteiger partial charge in [-0.05, 0) is 31.4 Å². The second kappa shape index (κ2) is 5.63. The minimum atomic E-state index is 0.327. The van der Waals surface area contributed by atoms with Gasteiger partial charge < -0.3 is 15.4 Å². The van der Waals surface area contributed by atoms with Crippen LogP contribution in [0.15, 0.2) is 24.3 Å². The van der Waals surface area contributed by atoms with Crippen LogP contribution in [0.3, 0.4) is 0 Å². The number of benzene rings is 1. The molecular weight excluding hydrogens is 252 g/mol. The lowest BCUT2D eigenvalue weighted by molar-refractivity contribution is 0.389. The van der Waals surface area contributed by atoms with E-state index in [9.17, 15) is 0 Å². The van der Waals surface area contributed by atoms with E-state index in [1.54, 1.807) is 7.11 Å². The minimum absolute atomic E-state index is 0.327. The van der Waals surface area contributed by atoms with E-state index in [-0.39, 0.29) is 0 Å². The first-order valence-corrected chi connectivity index (χ1v) is 7.11. The Morgan fingerprint density at radius 1 is 1.25 bits per heavy atom. The molecule has 5 nitrogen and oxygen atoms in total. The number of methoxy groups -OCH3 is 1. The van der Waals surface area contributed by atoms with Crippen molar-refractivity contribution in [1.29, 1.82) is 0 Å². The van der Waals surface area contributed by atoms with Gasteiger partial charge in [0.25, 0.3) is 5.88 Å². The van der Waals surface area contributed by atoms with Crippen molar-refractivity contribution in [3.8, 4) is 5.88 Å². The number of hydrogen-bond donors (Lipinski definition) is 1. The lowest BCUT2D eigenvalue weighted by Crippen LogP contribution is -2.44. The Balaban J connectivity index is 2.08. The molecule has 0 aliphatic carbocycles. The number of nitrogens with zero attached hydrogens (tertiary/aromatic N) is 3. The zero-order valence-electron chi connectivity index (χ0n) is 11.7. The van der Waals surface area contributed by atoms with E-state index < -0.39 is 0 Å². The van der Waals surface area contributed by atoms with E-state index in [4.69, 9.17) is 15.5 Å². The smallest absolute Gasteiger partial charge is 0.257 e. The summed E-state index contributed by atoms with van der Waals surface area (Å²) in [6, 6.07) is 8.19. The number of anilines is 1. The number of ether oxygens (including phenoxy) is 1. The van der Waals surface area contributed by atoms with Crippen LogP contribution in [0.25, 0.3) is 11.0 Å². The molecule has 5 heteroatoms. The van der Waals surface area contributed by atoms with Gasteiger partial charge in [-0.15, -0.1) is 0 Å². The van der Waals surface area contributed by atoms with E-state index in [1.807, 2.05) is 24.3 Å². The summed E-state index contributed by atoms with van der Waals surface area (Å²) < 4.78 is 5.44. The molecule has 2 heterocycles. The molecule has 1 aliphatic heterocycles. The number of fused-ring (bicyclic) bond motifs is 1. The molecule has 0 radical (unpaired) electrons. The maximum absolute atomic E-state index is 5.90. The molecule has 2 aromatic rings. The number of para-hydroxylation sites is 2. The summed E-state index contributed by atoms with van der Waals surface area (Å²) in [5, 5.41) is 0. The van der Waals surface area contributed by atoms with Crippen LogP contribution in [-0.4, -0.2) is 36.2 Å². The highest BCUT2D eigenvalue weighted by Gasteiger charge is 2.26. The van der Waals surface area contributed by atoms with Crippen LogP contribution in [0.4, 0.5) is 5.82 Å². The summed E-state index contributed by atoms with van der Waals surface area (Å²) in [4.78, 5) is 11.6. The molecule has 1 fully saturated rings. The third-order valence-electron chi connectivity index (χ3n) is 3.89.